The third kappa shape index (κ3) is 10.8. The standard InChI is InChI=1S/C50H74N8O6/c1-11-50(8,9)27-40-38-25-34(35-15-13-19-54(29-35)31-42(52-48(61)64-49(5,6)7)46(59)58-20-14-16-41(53-58)47(60)62-10)17-18-43(38)57(12-2)45(40)39-26-36(28-51-44(39)33(3)4)56-22-21-55-23-24-63-32-37(55)30-56/h15,17-18,25-26,28,33,37,41-42,53H,11-14,16,19-24,27,29-32H2,1-10H3,(H,52,61)/t37-,41-,42-/m0/s1. The number of aryl methyl sites for hydroxylation is 1. The monoisotopic (exact) mass is 883 g/mol. The molecule has 3 saturated heterocycles. The summed E-state index contributed by atoms with van der Waals surface area (Å²) < 4.78 is 19.0. The SMILES string of the molecule is CCn1c(-c2cc(N3CCN4CCOC[C@@H]4C3)cnc2C(C)C)c(CC(C)(C)CC)c2cc(C3=CCCN(C[C@H](NC(=O)OC(C)(C)C)C(=O)N4CCC[C@@H](C(=O)OC)N4)C3)ccc21. The molecule has 14 nitrogen and oxygen atoms in total. The number of ether oxygens (including phenoxy) is 3. The zero-order valence-electron chi connectivity index (χ0n) is 40.2. The van der Waals surface area contributed by atoms with E-state index in [-0.39, 0.29) is 23.8 Å². The molecule has 2 aromatic heterocycles. The third-order valence-electron chi connectivity index (χ3n) is 13.6. The van der Waals surface area contributed by atoms with Gasteiger partial charge in [0.25, 0.3) is 5.91 Å². The summed E-state index contributed by atoms with van der Waals surface area (Å²) in [4.78, 5) is 52.4. The number of rotatable bonds is 13. The predicted molar refractivity (Wildman–Crippen MR) is 253 cm³/mol. The van der Waals surface area contributed by atoms with E-state index >= 15 is 0 Å². The number of alkyl carbamates (subject to hydrolysis) is 1. The van der Waals surface area contributed by atoms with Crippen LogP contribution in [-0.2, 0) is 36.8 Å². The Morgan fingerprint density at radius 3 is 2.55 bits per heavy atom. The van der Waals surface area contributed by atoms with Crippen LogP contribution in [0.4, 0.5) is 10.5 Å². The molecule has 3 atom stereocenters. The lowest BCUT2D eigenvalue weighted by molar-refractivity contribution is -0.150. The highest BCUT2D eigenvalue weighted by atomic mass is 16.6. The number of piperazine rings is 1. The molecule has 350 valence electrons. The molecule has 6 heterocycles. The molecule has 3 aromatic rings. The van der Waals surface area contributed by atoms with Crippen molar-refractivity contribution in [3.63, 3.8) is 0 Å². The number of esters is 1. The van der Waals surface area contributed by atoms with Crippen molar-refractivity contribution in [1.82, 2.24) is 35.1 Å². The van der Waals surface area contributed by atoms with E-state index in [0.717, 1.165) is 83.0 Å². The van der Waals surface area contributed by atoms with E-state index in [4.69, 9.17) is 19.2 Å². The van der Waals surface area contributed by atoms with Gasteiger partial charge >= 0.3 is 12.1 Å². The molecule has 0 saturated carbocycles. The van der Waals surface area contributed by atoms with E-state index in [9.17, 15) is 14.4 Å². The molecule has 1 aromatic carbocycles. The largest absolute Gasteiger partial charge is 0.468 e. The Hall–Kier alpha value is -4.50. The van der Waals surface area contributed by atoms with E-state index < -0.39 is 29.7 Å². The van der Waals surface area contributed by atoms with E-state index in [2.05, 4.69) is 108 Å². The fourth-order valence-electron chi connectivity index (χ4n) is 9.82. The maximum atomic E-state index is 14.2. The van der Waals surface area contributed by atoms with Gasteiger partial charge in [0.15, 0.2) is 0 Å². The van der Waals surface area contributed by atoms with Crippen molar-refractivity contribution in [1.29, 1.82) is 0 Å². The first-order valence-corrected chi connectivity index (χ1v) is 23.8. The van der Waals surface area contributed by atoms with Crippen molar-refractivity contribution >= 4 is 40.1 Å². The summed E-state index contributed by atoms with van der Waals surface area (Å²) in [5.41, 5.74) is 12.1. The number of benzene rings is 1. The number of carbonyl (C=O) groups is 3. The quantitative estimate of drug-likeness (QED) is 0.172. The Morgan fingerprint density at radius 2 is 1.83 bits per heavy atom. The van der Waals surface area contributed by atoms with Crippen LogP contribution in [0.1, 0.15) is 111 Å². The summed E-state index contributed by atoms with van der Waals surface area (Å²) in [6.07, 6.45) is 7.69. The van der Waals surface area contributed by atoms with Crippen molar-refractivity contribution in [2.24, 2.45) is 5.41 Å². The van der Waals surface area contributed by atoms with Crippen LogP contribution in [0.5, 0.6) is 0 Å². The Kier molecular flexibility index (Phi) is 14.8. The van der Waals surface area contributed by atoms with Gasteiger partial charge in [-0.15, -0.1) is 0 Å². The van der Waals surface area contributed by atoms with Crippen molar-refractivity contribution in [2.75, 3.05) is 77.6 Å². The van der Waals surface area contributed by atoms with E-state index in [1.807, 2.05) is 0 Å². The summed E-state index contributed by atoms with van der Waals surface area (Å²) in [6.45, 7) is 27.5. The second kappa shape index (κ2) is 19.9. The summed E-state index contributed by atoms with van der Waals surface area (Å²) in [5, 5.41) is 5.60. The van der Waals surface area contributed by atoms with E-state index in [0.29, 0.717) is 32.0 Å². The molecule has 14 heteroatoms. The number of carbonyl (C=O) groups excluding carboxylic acids is 3. The number of nitrogens with zero attached hydrogens (tertiary/aromatic N) is 6. The normalized spacial score (nSPS) is 20.8. The first kappa shape index (κ1) is 47.5. The molecule has 7 rings (SSSR count). The van der Waals surface area contributed by atoms with Gasteiger partial charge in [0.1, 0.15) is 17.7 Å². The van der Waals surface area contributed by atoms with Crippen LogP contribution in [0.2, 0.25) is 0 Å². The lowest BCUT2D eigenvalue weighted by Crippen LogP contribution is -2.62. The number of anilines is 1. The van der Waals surface area contributed by atoms with Gasteiger partial charge in [0, 0.05) is 75.4 Å². The van der Waals surface area contributed by atoms with Crippen LogP contribution in [-0.4, -0.2) is 139 Å². The van der Waals surface area contributed by atoms with Crippen molar-refractivity contribution < 1.29 is 28.6 Å². The summed E-state index contributed by atoms with van der Waals surface area (Å²) >= 11 is 0. The van der Waals surface area contributed by atoms with Gasteiger partial charge in [0.05, 0.1) is 49.6 Å². The van der Waals surface area contributed by atoms with Gasteiger partial charge in [-0.2, -0.15) is 0 Å². The molecule has 0 spiro atoms. The molecule has 0 unspecified atom stereocenters. The van der Waals surface area contributed by atoms with Crippen molar-refractivity contribution in [3.8, 4) is 11.3 Å². The number of hydrazine groups is 1. The Bertz CT molecular complexity index is 2190. The highest BCUT2D eigenvalue weighted by Gasteiger charge is 2.36. The lowest BCUT2D eigenvalue weighted by Gasteiger charge is -2.44. The van der Waals surface area contributed by atoms with Crippen LogP contribution in [0.15, 0.2) is 36.5 Å². The van der Waals surface area contributed by atoms with Crippen LogP contribution in [0.25, 0.3) is 27.7 Å². The fourth-order valence-corrected chi connectivity index (χ4v) is 9.82. The van der Waals surface area contributed by atoms with E-state index in [1.54, 1.807) is 20.8 Å². The highest BCUT2D eigenvalue weighted by Crippen LogP contribution is 2.43. The summed E-state index contributed by atoms with van der Waals surface area (Å²) in [5.74, 6) is -0.509. The zero-order chi connectivity index (χ0) is 45.9. The third-order valence-corrected chi connectivity index (χ3v) is 13.6. The average molecular weight is 883 g/mol. The Balaban J connectivity index is 1.22. The highest BCUT2D eigenvalue weighted by molar-refractivity contribution is 5.95. The summed E-state index contributed by atoms with van der Waals surface area (Å²) in [6, 6.07) is 8.20. The molecule has 3 fully saturated rings. The van der Waals surface area contributed by atoms with Gasteiger partial charge in [-0.25, -0.2) is 10.2 Å². The minimum Gasteiger partial charge on any atom is -0.468 e. The van der Waals surface area contributed by atoms with Crippen molar-refractivity contribution in [3.05, 3.63) is 53.4 Å². The Morgan fingerprint density at radius 1 is 1.03 bits per heavy atom. The lowest BCUT2D eigenvalue weighted by atomic mass is 9.81. The molecule has 4 aliphatic rings. The number of hydrogen-bond acceptors (Lipinski definition) is 11. The summed E-state index contributed by atoms with van der Waals surface area (Å²) in [7, 11) is 1.34. The number of pyridine rings is 1. The number of nitrogens with one attached hydrogen (secondary N) is 2. The molecule has 0 radical (unpaired) electrons. The molecule has 2 amide bonds. The molecule has 4 aliphatic heterocycles. The molecule has 0 aliphatic carbocycles. The number of morpholine rings is 1. The topological polar surface area (TPSA) is 134 Å². The number of hydrogen-bond donors (Lipinski definition) is 2. The molecule has 0 bridgehead atoms. The number of amides is 2. The second-order valence-corrected chi connectivity index (χ2v) is 20.3. The van der Waals surface area contributed by atoms with E-state index in [1.165, 1.54) is 51.1 Å². The van der Waals surface area contributed by atoms with Crippen molar-refractivity contribution in [2.45, 2.75) is 131 Å². The van der Waals surface area contributed by atoms with Crippen LogP contribution < -0.4 is 15.6 Å². The smallest absolute Gasteiger partial charge is 0.408 e. The van der Waals surface area contributed by atoms with Crippen LogP contribution in [0, 0.1) is 5.41 Å². The molecule has 64 heavy (non-hydrogen) atoms. The maximum absolute atomic E-state index is 14.2. The second-order valence-electron chi connectivity index (χ2n) is 20.3. The van der Waals surface area contributed by atoms with Gasteiger partial charge < -0.3 is 29.0 Å². The van der Waals surface area contributed by atoms with Gasteiger partial charge in [-0.1, -0.05) is 53.2 Å². The number of methoxy groups -OCH3 is 1. The minimum absolute atomic E-state index is 0.0572. The molecular formula is C50H74N8O6. The first-order chi connectivity index (χ1) is 30.5. The molecule has 2 N–H and O–H groups in total. The first-order valence-electron chi connectivity index (χ1n) is 23.8. The van der Waals surface area contributed by atoms with Gasteiger partial charge in [0.2, 0.25) is 0 Å². The maximum Gasteiger partial charge on any atom is 0.408 e. The fraction of sp³-hybridized carbons (Fsp3) is 0.640. The minimum atomic E-state index is -0.913. The average Bonchev–Trinajstić information content (AvgIpc) is 3.58. The van der Waals surface area contributed by atoms with Gasteiger partial charge in [-0.3, -0.25) is 29.4 Å². The Labute approximate surface area is 381 Å². The van der Waals surface area contributed by atoms with Crippen LogP contribution in [0.3, 0.4) is 0 Å². The predicted octanol–water partition coefficient (Wildman–Crippen LogP) is 7.00. The van der Waals surface area contributed by atoms with Crippen LogP contribution >= 0.6 is 0 Å². The zero-order valence-corrected chi connectivity index (χ0v) is 40.2. The number of fused-ring (bicyclic) bond motifs is 2. The molecular weight excluding hydrogens is 809 g/mol. The number of aromatic nitrogens is 2. The van der Waals surface area contributed by atoms with Gasteiger partial charge in [-0.05, 0) is 99.6 Å².